The van der Waals surface area contributed by atoms with Crippen molar-refractivity contribution in [3.05, 3.63) is 53.1 Å². The number of allylic oxidation sites excluding steroid dienone is 4. The molecule has 20 heavy (non-hydrogen) atoms. The number of hydrogen-bond acceptors (Lipinski definition) is 0. The summed E-state index contributed by atoms with van der Waals surface area (Å²) in [5.74, 6) is 0. The summed E-state index contributed by atoms with van der Waals surface area (Å²) < 4.78 is 0. The van der Waals surface area contributed by atoms with Crippen LogP contribution in [0, 0.1) is 0 Å². The van der Waals surface area contributed by atoms with Crippen LogP contribution >= 0.6 is 0 Å². The molecule has 0 saturated heterocycles. The van der Waals surface area contributed by atoms with E-state index in [1.54, 1.807) is 10.8 Å². The molecule has 1 aliphatic carbocycles. The Labute approximate surface area is 125 Å². The van der Waals surface area contributed by atoms with Crippen molar-refractivity contribution in [1.29, 1.82) is 0 Å². The van der Waals surface area contributed by atoms with Gasteiger partial charge in [0.15, 0.2) is 0 Å². The van der Waals surface area contributed by atoms with Crippen molar-refractivity contribution in [2.45, 2.75) is 58.7 Å². The fourth-order valence-corrected chi connectivity index (χ4v) is 8.72. The molecule has 108 valence electrons. The van der Waals surface area contributed by atoms with E-state index in [4.69, 9.17) is 0 Å². The zero-order valence-corrected chi connectivity index (χ0v) is 15.0. The molecule has 0 nitrogen and oxygen atoms in total. The SMILES string of the molecule is CC1=CC(C)([Si](C)(c2ccccc2)C(C)C)C(C)=C1C. The Morgan fingerprint density at radius 3 is 1.95 bits per heavy atom. The number of benzene rings is 1. The molecular weight excluding hydrogens is 256 g/mol. The Morgan fingerprint density at radius 1 is 1.00 bits per heavy atom. The zero-order valence-electron chi connectivity index (χ0n) is 14.0. The summed E-state index contributed by atoms with van der Waals surface area (Å²) in [5.41, 5.74) is 5.27. The van der Waals surface area contributed by atoms with Gasteiger partial charge >= 0.3 is 0 Å². The lowest BCUT2D eigenvalue weighted by Crippen LogP contribution is -2.56. The van der Waals surface area contributed by atoms with Gasteiger partial charge in [-0.2, -0.15) is 0 Å². The summed E-state index contributed by atoms with van der Waals surface area (Å²) in [7, 11) is -1.67. The van der Waals surface area contributed by atoms with Crippen LogP contribution in [0.15, 0.2) is 53.1 Å². The van der Waals surface area contributed by atoms with Crippen LogP contribution in [0.5, 0.6) is 0 Å². The van der Waals surface area contributed by atoms with E-state index in [0.717, 1.165) is 0 Å². The monoisotopic (exact) mass is 284 g/mol. The second kappa shape index (κ2) is 5.03. The van der Waals surface area contributed by atoms with Gasteiger partial charge in [0.05, 0.1) is 0 Å². The maximum absolute atomic E-state index is 2.57. The van der Waals surface area contributed by atoms with E-state index in [0.29, 0.717) is 5.54 Å². The molecule has 2 rings (SSSR count). The third kappa shape index (κ3) is 1.95. The van der Waals surface area contributed by atoms with Gasteiger partial charge in [0.2, 0.25) is 0 Å². The molecule has 2 unspecified atom stereocenters. The van der Waals surface area contributed by atoms with Gasteiger partial charge in [-0.05, 0) is 31.9 Å². The Kier molecular flexibility index (Phi) is 3.85. The van der Waals surface area contributed by atoms with Crippen molar-refractivity contribution in [3.8, 4) is 0 Å². The van der Waals surface area contributed by atoms with Crippen LogP contribution in [-0.4, -0.2) is 8.07 Å². The van der Waals surface area contributed by atoms with Gasteiger partial charge < -0.3 is 0 Å². The van der Waals surface area contributed by atoms with Crippen LogP contribution in [0.3, 0.4) is 0 Å². The third-order valence-electron chi connectivity index (χ3n) is 6.05. The number of rotatable bonds is 3. The fraction of sp³-hybridized carbons (Fsp3) is 0.474. The molecule has 0 aromatic heterocycles. The van der Waals surface area contributed by atoms with Gasteiger partial charge in [-0.1, -0.05) is 80.1 Å². The van der Waals surface area contributed by atoms with Crippen molar-refractivity contribution >= 4 is 13.3 Å². The van der Waals surface area contributed by atoms with Crippen LogP contribution in [0.2, 0.25) is 17.1 Å². The fourth-order valence-electron chi connectivity index (χ4n) is 3.89. The van der Waals surface area contributed by atoms with Gasteiger partial charge in [-0.25, -0.2) is 0 Å². The minimum Gasteiger partial charge on any atom is -0.0737 e. The minimum atomic E-state index is -1.67. The van der Waals surface area contributed by atoms with E-state index in [-0.39, 0.29) is 5.04 Å². The first-order valence-electron chi connectivity index (χ1n) is 7.68. The van der Waals surface area contributed by atoms with Crippen LogP contribution in [0.4, 0.5) is 0 Å². The Bertz CT molecular complexity index is 565. The quantitative estimate of drug-likeness (QED) is 0.648. The first-order chi connectivity index (χ1) is 9.25. The summed E-state index contributed by atoms with van der Waals surface area (Å²) in [4.78, 5) is 0. The lowest BCUT2D eigenvalue weighted by molar-refractivity contribution is 0.811. The summed E-state index contributed by atoms with van der Waals surface area (Å²) in [6, 6.07) is 11.2. The Balaban J connectivity index is 2.68. The van der Waals surface area contributed by atoms with Crippen molar-refractivity contribution in [1.82, 2.24) is 0 Å². The van der Waals surface area contributed by atoms with E-state index < -0.39 is 8.07 Å². The molecule has 0 saturated carbocycles. The molecule has 1 aromatic carbocycles. The zero-order chi connectivity index (χ0) is 15.1. The molecule has 0 N–H and O–H groups in total. The molecule has 0 fully saturated rings. The summed E-state index contributed by atoms with van der Waals surface area (Å²) in [5, 5.41) is 1.81. The molecular formula is C19H28Si. The molecule has 0 amide bonds. The first kappa shape index (κ1) is 15.3. The van der Waals surface area contributed by atoms with Crippen LogP contribution in [-0.2, 0) is 0 Å². The van der Waals surface area contributed by atoms with Gasteiger partial charge in [-0.15, -0.1) is 0 Å². The van der Waals surface area contributed by atoms with Crippen molar-refractivity contribution in [2.75, 3.05) is 0 Å². The summed E-state index contributed by atoms with van der Waals surface area (Å²) in [6.07, 6.45) is 2.55. The largest absolute Gasteiger partial charge is 0.100 e. The highest BCUT2D eigenvalue weighted by Gasteiger charge is 2.51. The van der Waals surface area contributed by atoms with E-state index in [2.05, 4.69) is 84.5 Å². The predicted molar refractivity (Wildman–Crippen MR) is 93.3 cm³/mol. The third-order valence-corrected chi connectivity index (χ3v) is 12.6. The van der Waals surface area contributed by atoms with Crippen LogP contribution in [0.1, 0.15) is 41.5 Å². The normalized spacial score (nSPS) is 25.9. The van der Waals surface area contributed by atoms with Crippen molar-refractivity contribution < 1.29 is 0 Å². The average molecular weight is 285 g/mol. The van der Waals surface area contributed by atoms with Gasteiger partial charge in [0.25, 0.3) is 0 Å². The molecule has 0 bridgehead atoms. The Morgan fingerprint density at radius 2 is 1.55 bits per heavy atom. The maximum Gasteiger partial charge on any atom is 0.100 e. The van der Waals surface area contributed by atoms with Crippen molar-refractivity contribution in [2.24, 2.45) is 0 Å². The highest BCUT2D eigenvalue weighted by Crippen LogP contribution is 2.56. The van der Waals surface area contributed by atoms with E-state index in [9.17, 15) is 0 Å². The predicted octanol–water partition coefficient (Wildman–Crippen LogP) is 5.44. The average Bonchev–Trinajstić information content (AvgIpc) is 2.63. The van der Waals surface area contributed by atoms with E-state index in [1.165, 1.54) is 11.1 Å². The second-order valence-corrected chi connectivity index (χ2v) is 12.2. The summed E-state index contributed by atoms with van der Waals surface area (Å²) in [6.45, 7) is 16.8. The highest BCUT2D eigenvalue weighted by molar-refractivity contribution is 6.95. The molecule has 1 aliphatic rings. The molecule has 2 atom stereocenters. The molecule has 0 spiro atoms. The van der Waals surface area contributed by atoms with Gasteiger partial charge in [0.1, 0.15) is 8.07 Å². The van der Waals surface area contributed by atoms with Crippen LogP contribution < -0.4 is 5.19 Å². The lowest BCUT2D eigenvalue weighted by atomic mass is 10.0. The molecule has 1 aromatic rings. The molecule has 0 aliphatic heterocycles. The molecule has 1 heteroatoms. The topological polar surface area (TPSA) is 0 Å². The first-order valence-corrected chi connectivity index (χ1v) is 10.3. The standard InChI is InChI=1S/C19H28Si/c1-14(2)20(7,18-11-9-8-10-12-18)19(6)13-15(3)16(4)17(19)5/h8-14H,1-7H3. The second-order valence-electron chi connectivity index (χ2n) is 7.00. The molecule has 0 radical (unpaired) electrons. The van der Waals surface area contributed by atoms with Crippen LogP contribution in [0.25, 0.3) is 0 Å². The maximum atomic E-state index is 2.57. The lowest BCUT2D eigenvalue weighted by Gasteiger charge is -2.46. The van der Waals surface area contributed by atoms with Crippen molar-refractivity contribution in [3.63, 3.8) is 0 Å². The molecule has 0 heterocycles. The van der Waals surface area contributed by atoms with Gasteiger partial charge in [0, 0.05) is 5.04 Å². The minimum absolute atomic E-state index is 0.233. The highest BCUT2D eigenvalue weighted by atomic mass is 28.3. The van der Waals surface area contributed by atoms with E-state index >= 15 is 0 Å². The van der Waals surface area contributed by atoms with Gasteiger partial charge in [-0.3, -0.25) is 0 Å². The van der Waals surface area contributed by atoms with E-state index in [1.807, 2.05) is 0 Å². The Hall–Kier alpha value is -1.08. The summed E-state index contributed by atoms with van der Waals surface area (Å²) >= 11 is 0. The number of hydrogen-bond donors (Lipinski definition) is 0. The smallest absolute Gasteiger partial charge is 0.0737 e.